The van der Waals surface area contributed by atoms with E-state index in [4.69, 9.17) is 4.74 Å². The summed E-state index contributed by atoms with van der Waals surface area (Å²) in [5.41, 5.74) is 0.0777. The number of nitrogens with one attached hydrogen (secondary N) is 1. The van der Waals surface area contributed by atoms with Gasteiger partial charge in [-0.3, -0.25) is 14.9 Å². The van der Waals surface area contributed by atoms with Gasteiger partial charge in [-0.05, 0) is 18.6 Å². The number of anilines is 1. The fourth-order valence-electron chi connectivity index (χ4n) is 2.16. The Morgan fingerprint density at radius 2 is 1.96 bits per heavy atom. The van der Waals surface area contributed by atoms with Crippen molar-refractivity contribution in [2.45, 2.75) is 45.2 Å². The maximum Gasteiger partial charge on any atom is 0.396 e. The zero-order chi connectivity index (χ0) is 19.9. The molecule has 1 aromatic heterocycles. The van der Waals surface area contributed by atoms with Gasteiger partial charge in [0.1, 0.15) is 12.2 Å². The van der Waals surface area contributed by atoms with Crippen LogP contribution in [0.5, 0.6) is 5.75 Å². The van der Waals surface area contributed by atoms with Gasteiger partial charge >= 0.3 is 12.1 Å². The fourth-order valence-corrected chi connectivity index (χ4v) is 2.74. The van der Waals surface area contributed by atoms with Crippen molar-refractivity contribution >= 4 is 28.5 Å². The standard InChI is InChI=1S/C17H18F3N3O3S/c1-2-3-4-9-14(24)26-12-8-6-5-7-11(12)15(25)22-16-21-13(23-27-16)10-17(18,19)20/h5-8H,2-4,9-10H2,1H3,(H,21,22,23,25). The predicted octanol–water partition coefficient (Wildman–Crippen LogP) is 4.38. The Hall–Kier alpha value is -2.49. The third kappa shape index (κ3) is 6.97. The van der Waals surface area contributed by atoms with Crippen molar-refractivity contribution in [1.82, 2.24) is 9.36 Å². The molecule has 1 heterocycles. The van der Waals surface area contributed by atoms with E-state index in [1.165, 1.54) is 12.1 Å². The van der Waals surface area contributed by atoms with Gasteiger partial charge < -0.3 is 4.74 Å². The van der Waals surface area contributed by atoms with Crippen LogP contribution in [-0.4, -0.2) is 27.4 Å². The Bertz CT molecular complexity index is 793. The first kappa shape index (κ1) is 20.8. The molecule has 2 rings (SSSR count). The van der Waals surface area contributed by atoms with E-state index in [-0.39, 0.29) is 22.9 Å². The van der Waals surface area contributed by atoms with Gasteiger partial charge in [0.2, 0.25) is 5.13 Å². The highest BCUT2D eigenvalue weighted by Gasteiger charge is 2.30. The normalized spacial score (nSPS) is 11.3. The number of esters is 1. The largest absolute Gasteiger partial charge is 0.426 e. The summed E-state index contributed by atoms with van der Waals surface area (Å²) >= 11 is 0.646. The molecule has 146 valence electrons. The van der Waals surface area contributed by atoms with E-state index in [0.29, 0.717) is 18.0 Å². The molecular weight excluding hydrogens is 383 g/mol. The minimum atomic E-state index is -4.43. The molecule has 10 heteroatoms. The highest BCUT2D eigenvalue weighted by molar-refractivity contribution is 7.09. The van der Waals surface area contributed by atoms with Crippen LogP contribution in [0.4, 0.5) is 18.3 Å². The van der Waals surface area contributed by atoms with Gasteiger partial charge in [-0.1, -0.05) is 31.9 Å². The monoisotopic (exact) mass is 401 g/mol. The molecule has 1 aromatic carbocycles. The van der Waals surface area contributed by atoms with Crippen molar-refractivity contribution in [2.24, 2.45) is 0 Å². The second-order valence-electron chi connectivity index (χ2n) is 5.69. The summed E-state index contributed by atoms with van der Waals surface area (Å²) in [5.74, 6) is -1.44. The summed E-state index contributed by atoms with van der Waals surface area (Å²) in [5, 5.41) is 2.31. The summed E-state index contributed by atoms with van der Waals surface area (Å²) < 4.78 is 45.9. The highest BCUT2D eigenvalue weighted by Crippen LogP contribution is 2.24. The lowest BCUT2D eigenvalue weighted by Gasteiger charge is -2.09. The molecule has 1 N–H and O–H groups in total. The molecule has 6 nitrogen and oxygen atoms in total. The van der Waals surface area contributed by atoms with E-state index in [2.05, 4.69) is 14.7 Å². The van der Waals surface area contributed by atoms with Crippen molar-refractivity contribution in [2.75, 3.05) is 5.32 Å². The number of amides is 1. The molecule has 1 amide bonds. The molecule has 0 radical (unpaired) electrons. The third-order valence-electron chi connectivity index (χ3n) is 3.39. The van der Waals surface area contributed by atoms with Crippen LogP contribution in [-0.2, 0) is 11.2 Å². The van der Waals surface area contributed by atoms with E-state index in [9.17, 15) is 22.8 Å². The Morgan fingerprint density at radius 3 is 2.67 bits per heavy atom. The van der Waals surface area contributed by atoms with Gasteiger partial charge in [0.15, 0.2) is 5.82 Å². The number of hydrogen-bond acceptors (Lipinski definition) is 6. The number of rotatable bonds is 8. The van der Waals surface area contributed by atoms with Crippen LogP contribution < -0.4 is 10.1 Å². The summed E-state index contributed by atoms with van der Waals surface area (Å²) in [6, 6.07) is 6.11. The number of ether oxygens (including phenoxy) is 1. The lowest BCUT2D eigenvalue weighted by Crippen LogP contribution is -2.16. The zero-order valence-corrected chi connectivity index (χ0v) is 15.3. The Balaban J connectivity index is 2.03. The quantitative estimate of drug-likeness (QED) is 0.403. The smallest absolute Gasteiger partial charge is 0.396 e. The average molecular weight is 401 g/mol. The third-order valence-corrected chi connectivity index (χ3v) is 4.06. The van der Waals surface area contributed by atoms with Crippen molar-refractivity contribution < 1.29 is 27.5 Å². The molecule has 0 bridgehead atoms. The molecule has 0 unspecified atom stereocenters. The predicted molar refractivity (Wildman–Crippen MR) is 93.8 cm³/mol. The maximum atomic E-state index is 12.4. The topological polar surface area (TPSA) is 81.2 Å². The second-order valence-corrected chi connectivity index (χ2v) is 6.44. The maximum absolute atomic E-state index is 12.4. The molecule has 0 aliphatic rings. The van der Waals surface area contributed by atoms with E-state index in [1.807, 2.05) is 6.92 Å². The van der Waals surface area contributed by atoms with Crippen molar-refractivity contribution in [1.29, 1.82) is 0 Å². The second kappa shape index (κ2) is 9.45. The Morgan fingerprint density at radius 1 is 1.22 bits per heavy atom. The first-order valence-corrected chi connectivity index (χ1v) is 9.06. The molecule has 0 saturated carbocycles. The summed E-state index contributed by atoms with van der Waals surface area (Å²) in [7, 11) is 0. The minimum Gasteiger partial charge on any atom is -0.426 e. The molecule has 2 aromatic rings. The first-order valence-electron chi connectivity index (χ1n) is 8.29. The number of para-hydroxylation sites is 1. The van der Waals surface area contributed by atoms with Gasteiger partial charge in [-0.25, -0.2) is 4.98 Å². The molecule has 0 saturated heterocycles. The number of carbonyl (C=O) groups is 2. The van der Waals surface area contributed by atoms with Crippen LogP contribution in [0.25, 0.3) is 0 Å². The van der Waals surface area contributed by atoms with Crippen LogP contribution in [0.15, 0.2) is 24.3 Å². The number of aromatic nitrogens is 2. The van der Waals surface area contributed by atoms with Gasteiger partial charge in [-0.2, -0.15) is 17.5 Å². The van der Waals surface area contributed by atoms with Crippen LogP contribution in [0.2, 0.25) is 0 Å². The molecular formula is C17H18F3N3O3S. The van der Waals surface area contributed by atoms with Crippen LogP contribution in [0, 0.1) is 0 Å². The number of halogens is 3. The van der Waals surface area contributed by atoms with E-state index < -0.39 is 30.3 Å². The van der Waals surface area contributed by atoms with E-state index >= 15 is 0 Å². The molecule has 0 aliphatic heterocycles. The van der Waals surface area contributed by atoms with Gasteiger partial charge in [0, 0.05) is 18.0 Å². The Labute approximate surface area is 157 Å². The number of unbranched alkanes of at least 4 members (excludes halogenated alkanes) is 2. The number of carbonyl (C=O) groups excluding carboxylic acids is 2. The number of hydrogen-bond donors (Lipinski definition) is 1. The first-order chi connectivity index (χ1) is 12.8. The van der Waals surface area contributed by atoms with Crippen LogP contribution >= 0.6 is 11.5 Å². The van der Waals surface area contributed by atoms with Crippen LogP contribution in [0.3, 0.4) is 0 Å². The molecule has 0 atom stereocenters. The molecule has 0 spiro atoms. The summed E-state index contributed by atoms with van der Waals surface area (Å²) in [6.07, 6.45) is -2.91. The van der Waals surface area contributed by atoms with Gasteiger partial charge in [0.05, 0.1) is 5.56 Å². The van der Waals surface area contributed by atoms with E-state index in [1.54, 1.807) is 12.1 Å². The number of alkyl halides is 3. The van der Waals surface area contributed by atoms with E-state index in [0.717, 1.165) is 12.8 Å². The van der Waals surface area contributed by atoms with Crippen LogP contribution in [0.1, 0.15) is 48.8 Å². The average Bonchev–Trinajstić information content (AvgIpc) is 3.00. The van der Waals surface area contributed by atoms with Crippen molar-refractivity contribution in [3.05, 3.63) is 35.7 Å². The fraction of sp³-hybridized carbons (Fsp3) is 0.412. The molecule has 27 heavy (non-hydrogen) atoms. The lowest BCUT2D eigenvalue weighted by molar-refractivity contribution is -0.134. The summed E-state index contributed by atoms with van der Waals surface area (Å²) in [6.45, 7) is 2.01. The minimum absolute atomic E-state index is 0.0664. The lowest BCUT2D eigenvalue weighted by atomic mass is 10.2. The number of benzene rings is 1. The molecule has 0 fully saturated rings. The van der Waals surface area contributed by atoms with Gasteiger partial charge in [-0.15, -0.1) is 0 Å². The number of nitrogens with zero attached hydrogens (tertiary/aromatic N) is 2. The van der Waals surface area contributed by atoms with Gasteiger partial charge in [0.25, 0.3) is 5.91 Å². The summed E-state index contributed by atoms with van der Waals surface area (Å²) in [4.78, 5) is 27.9. The SMILES string of the molecule is CCCCCC(=O)Oc1ccccc1C(=O)Nc1nc(CC(F)(F)F)ns1. The Kier molecular flexibility index (Phi) is 7.28. The zero-order valence-electron chi connectivity index (χ0n) is 14.5. The van der Waals surface area contributed by atoms with Crippen molar-refractivity contribution in [3.63, 3.8) is 0 Å². The molecule has 0 aliphatic carbocycles. The van der Waals surface area contributed by atoms with Crippen molar-refractivity contribution in [3.8, 4) is 5.75 Å². The highest BCUT2D eigenvalue weighted by atomic mass is 32.1.